The summed E-state index contributed by atoms with van der Waals surface area (Å²) in [6.45, 7) is 16.6. The molecular formula is C24H37N5O4. The number of nitrogens with zero attached hydrogens (tertiary/aromatic N) is 5. The van der Waals surface area contributed by atoms with E-state index in [4.69, 9.17) is 5.11 Å². The number of allylic oxidation sites excluding steroid dienone is 1. The Hall–Kier alpha value is -3.20. The number of aryl methyl sites for hydroxylation is 1. The lowest BCUT2D eigenvalue weighted by molar-refractivity contribution is -0.127. The highest BCUT2D eigenvalue weighted by Gasteiger charge is 2.28. The molecule has 2 heterocycles. The maximum absolute atomic E-state index is 12.8. The number of aromatic nitrogens is 1. The zero-order chi connectivity index (χ0) is 25.3. The van der Waals surface area contributed by atoms with Crippen molar-refractivity contribution in [3.05, 3.63) is 46.9 Å². The molecule has 182 valence electrons. The van der Waals surface area contributed by atoms with Crippen LogP contribution in [0.25, 0.3) is 0 Å². The van der Waals surface area contributed by atoms with Crippen LogP contribution in [-0.4, -0.2) is 87.4 Å². The fourth-order valence-corrected chi connectivity index (χ4v) is 3.13. The maximum Gasteiger partial charge on any atom is 0.289 e. The Bertz CT molecular complexity index is 931. The van der Waals surface area contributed by atoms with Gasteiger partial charge in [-0.25, -0.2) is 9.99 Å². The molecule has 1 fully saturated rings. The van der Waals surface area contributed by atoms with E-state index in [-0.39, 0.29) is 29.9 Å². The van der Waals surface area contributed by atoms with Gasteiger partial charge in [-0.15, -0.1) is 0 Å². The monoisotopic (exact) mass is 459 g/mol. The second-order valence-electron chi connectivity index (χ2n) is 7.57. The first-order valence-corrected chi connectivity index (χ1v) is 11.1. The number of hydrogen-bond acceptors (Lipinski definition) is 7. The smallest absolute Gasteiger partial charge is 0.289 e. The molecule has 1 aliphatic rings. The number of hydrogen-bond donors (Lipinski definition) is 2. The van der Waals surface area contributed by atoms with Crippen LogP contribution in [0.2, 0.25) is 0 Å². The lowest BCUT2D eigenvalue weighted by Crippen LogP contribution is -2.50. The van der Waals surface area contributed by atoms with Gasteiger partial charge in [-0.3, -0.25) is 9.59 Å². The molecule has 2 rings (SSSR count). The van der Waals surface area contributed by atoms with E-state index < -0.39 is 0 Å². The van der Waals surface area contributed by atoms with Gasteiger partial charge in [-0.1, -0.05) is 26.5 Å². The van der Waals surface area contributed by atoms with Crippen LogP contribution in [-0.2, 0) is 4.79 Å². The van der Waals surface area contributed by atoms with Gasteiger partial charge in [-0.05, 0) is 44.4 Å². The van der Waals surface area contributed by atoms with Gasteiger partial charge in [0, 0.05) is 39.4 Å². The van der Waals surface area contributed by atoms with E-state index in [1.807, 2.05) is 25.7 Å². The molecule has 0 radical (unpaired) electrons. The molecule has 2 amide bonds. The minimum Gasteiger partial charge on any atom is -0.505 e. The molecule has 1 aliphatic heterocycles. The summed E-state index contributed by atoms with van der Waals surface area (Å²) in [6.07, 6.45) is 3.19. The number of carbonyl (C=O) groups excluding carboxylic acids is 2. The molecule has 33 heavy (non-hydrogen) atoms. The van der Waals surface area contributed by atoms with Crippen molar-refractivity contribution in [1.29, 1.82) is 0 Å². The molecule has 1 aromatic heterocycles. The molecule has 0 atom stereocenters. The van der Waals surface area contributed by atoms with Crippen LogP contribution in [0.3, 0.4) is 0 Å². The number of pyridine rings is 1. The van der Waals surface area contributed by atoms with Gasteiger partial charge in [0.15, 0.2) is 5.69 Å². The number of hydrazone groups is 1. The number of aliphatic hydroxyl groups excluding tert-OH is 1. The average molecular weight is 460 g/mol. The van der Waals surface area contributed by atoms with Crippen LogP contribution in [0.1, 0.15) is 49.3 Å². The highest BCUT2D eigenvalue weighted by atomic mass is 16.3. The second-order valence-corrected chi connectivity index (χ2v) is 7.57. The lowest BCUT2D eigenvalue weighted by atomic mass is 10.1. The van der Waals surface area contributed by atoms with E-state index >= 15 is 0 Å². The maximum atomic E-state index is 12.8. The number of carbonyl (C=O) groups is 2. The van der Waals surface area contributed by atoms with Crippen molar-refractivity contribution < 1.29 is 19.8 Å². The Morgan fingerprint density at radius 3 is 2.27 bits per heavy atom. The Labute approximate surface area is 196 Å². The molecule has 0 unspecified atom stereocenters. The van der Waals surface area contributed by atoms with Crippen molar-refractivity contribution in [1.82, 2.24) is 19.8 Å². The van der Waals surface area contributed by atoms with E-state index in [0.717, 1.165) is 11.1 Å². The van der Waals surface area contributed by atoms with Crippen molar-refractivity contribution in [2.45, 2.75) is 41.5 Å². The molecule has 9 heteroatoms. The zero-order valence-corrected chi connectivity index (χ0v) is 20.8. The molecular weight excluding hydrogens is 422 g/mol. The molecule has 9 nitrogen and oxygen atoms in total. The summed E-state index contributed by atoms with van der Waals surface area (Å²) in [7, 11) is 1.55. The second kappa shape index (κ2) is 12.7. The quantitative estimate of drug-likeness (QED) is 0.384. The third-order valence-corrected chi connectivity index (χ3v) is 5.52. The van der Waals surface area contributed by atoms with Gasteiger partial charge in [0.1, 0.15) is 5.75 Å². The first-order chi connectivity index (χ1) is 15.6. The van der Waals surface area contributed by atoms with E-state index in [1.54, 1.807) is 45.0 Å². The van der Waals surface area contributed by atoms with Crippen LogP contribution >= 0.6 is 0 Å². The van der Waals surface area contributed by atoms with Gasteiger partial charge in [-0.2, -0.15) is 5.10 Å². The Morgan fingerprint density at radius 2 is 1.73 bits per heavy atom. The minimum atomic E-state index is -0.343. The van der Waals surface area contributed by atoms with E-state index in [0.29, 0.717) is 43.2 Å². The van der Waals surface area contributed by atoms with Crippen molar-refractivity contribution in [2.75, 3.05) is 39.8 Å². The summed E-state index contributed by atoms with van der Waals surface area (Å²) in [5, 5.41) is 24.7. The minimum absolute atomic E-state index is 0.0438. The molecule has 0 spiro atoms. The van der Waals surface area contributed by atoms with E-state index in [1.165, 1.54) is 5.01 Å². The molecule has 0 aliphatic carbocycles. The van der Waals surface area contributed by atoms with Crippen molar-refractivity contribution in [3.63, 3.8) is 0 Å². The molecule has 0 bridgehead atoms. The van der Waals surface area contributed by atoms with Gasteiger partial charge in [0.2, 0.25) is 0 Å². The van der Waals surface area contributed by atoms with Crippen LogP contribution in [0, 0.1) is 13.8 Å². The van der Waals surface area contributed by atoms with Crippen molar-refractivity contribution >= 4 is 17.5 Å². The van der Waals surface area contributed by atoms with E-state index in [9.17, 15) is 14.7 Å². The van der Waals surface area contributed by atoms with Gasteiger partial charge < -0.3 is 20.0 Å². The first-order valence-electron chi connectivity index (χ1n) is 11.1. The summed E-state index contributed by atoms with van der Waals surface area (Å²) in [5.74, 6) is -0.766. The van der Waals surface area contributed by atoms with Crippen LogP contribution in [0.15, 0.2) is 35.2 Å². The normalized spacial score (nSPS) is 14.4. The summed E-state index contributed by atoms with van der Waals surface area (Å²) in [5.41, 5.74) is 3.19. The van der Waals surface area contributed by atoms with Crippen LogP contribution in [0.4, 0.5) is 0 Å². The number of aromatic hydroxyl groups is 1. The van der Waals surface area contributed by atoms with Crippen LogP contribution in [0.5, 0.6) is 5.75 Å². The summed E-state index contributed by atoms with van der Waals surface area (Å²) >= 11 is 0. The topological polar surface area (TPSA) is 110 Å². The van der Waals surface area contributed by atoms with Gasteiger partial charge >= 0.3 is 0 Å². The SMILES string of the molecule is C=C(C(=O)N(C)/N=C(C)/C(C)=C/CO)N1CCN(C(=O)c2ncc(C)c(C)c2O)CC1.CC. The molecule has 0 saturated carbocycles. The predicted octanol–water partition coefficient (Wildman–Crippen LogP) is 2.47. The van der Waals surface area contributed by atoms with Crippen molar-refractivity contribution in [2.24, 2.45) is 5.10 Å². The largest absolute Gasteiger partial charge is 0.505 e. The summed E-state index contributed by atoms with van der Waals surface area (Å²) in [4.78, 5) is 33.0. The average Bonchev–Trinajstić information content (AvgIpc) is 2.82. The number of likely N-dealkylation sites (N-methyl/N-ethyl adjacent to an activating group) is 1. The fourth-order valence-electron chi connectivity index (χ4n) is 3.13. The number of aliphatic hydroxyl groups is 1. The zero-order valence-electron chi connectivity index (χ0n) is 20.8. The Morgan fingerprint density at radius 1 is 1.18 bits per heavy atom. The standard InChI is InChI=1S/C22H31N5O4.C2H6/c1-14(7-12-28)17(4)24-25(6)21(30)18(5)26-8-10-27(11-9-26)22(31)19-20(29)16(3)15(2)13-23-19;1-2/h7,13,28-29H,5,8-12H2,1-4,6H3;1-2H3/b14-7+,24-17+;. The Kier molecular flexibility index (Phi) is 10.7. The molecule has 1 aromatic rings. The van der Waals surface area contributed by atoms with Gasteiger partial charge in [0.05, 0.1) is 18.0 Å². The molecule has 0 aromatic carbocycles. The number of piperazine rings is 1. The third-order valence-electron chi connectivity index (χ3n) is 5.52. The summed E-state index contributed by atoms with van der Waals surface area (Å²) in [6, 6.07) is 0. The molecule has 2 N–H and O–H groups in total. The number of amides is 2. The third kappa shape index (κ3) is 6.89. The van der Waals surface area contributed by atoms with Crippen molar-refractivity contribution in [3.8, 4) is 5.75 Å². The fraction of sp³-hybridized carbons (Fsp3) is 0.500. The Balaban J connectivity index is 0.00000265. The van der Waals surface area contributed by atoms with E-state index in [2.05, 4.69) is 16.7 Å². The number of rotatable bonds is 6. The highest BCUT2D eigenvalue weighted by molar-refractivity contribution is 5.99. The first kappa shape index (κ1) is 27.8. The molecule has 1 saturated heterocycles. The summed E-state index contributed by atoms with van der Waals surface area (Å²) < 4.78 is 0. The lowest BCUT2D eigenvalue weighted by Gasteiger charge is -2.36. The van der Waals surface area contributed by atoms with Gasteiger partial charge in [0.25, 0.3) is 11.8 Å². The predicted molar refractivity (Wildman–Crippen MR) is 130 cm³/mol. The highest BCUT2D eigenvalue weighted by Crippen LogP contribution is 2.24. The van der Waals surface area contributed by atoms with Crippen LogP contribution < -0.4 is 0 Å².